The highest BCUT2D eigenvalue weighted by molar-refractivity contribution is 7.12. The molecule has 0 aliphatic heterocycles. The van der Waals surface area contributed by atoms with E-state index in [1.165, 1.54) is 22.3 Å². The molecule has 102 valence electrons. The van der Waals surface area contributed by atoms with Crippen molar-refractivity contribution < 1.29 is 9.90 Å². The summed E-state index contributed by atoms with van der Waals surface area (Å²) < 4.78 is 1.44. The molecule has 2 heterocycles. The van der Waals surface area contributed by atoms with Crippen LogP contribution in [0.25, 0.3) is 5.69 Å². The first-order chi connectivity index (χ1) is 9.13. The highest BCUT2D eigenvalue weighted by atomic mass is 32.1. The molecule has 7 nitrogen and oxygen atoms in total. The van der Waals surface area contributed by atoms with Crippen LogP contribution in [0.15, 0.2) is 17.8 Å². The minimum absolute atomic E-state index is 0.0883. The summed E-state index contributed by atoms with van der Waals surface area (Å²) in [6.45, 7) is 3.80. The van der Waals surface area contributed by atoms with Gasteiger partial charge in [-0.3, -0.25) is 4.79 Å². The highest BCUT2D eigenvalue weighted by Gasteiger charge is 2.20. The standard InChI is InChI=1S/C11H15N5O2S/c1-7(2)8(5-17)13-11(18)10-9(3-4-19-10)16-6-12-14-15-16/h3-4,6-8,17H,5H2,1-2H3,(H,13,18)/t8-/m1/s1. The van der Waals surface area contributed by atoms with Crippen LogP contribution in [0, 0.1) is 5.92 Å². The number of tetrazole rings is 1. The van der Waals surface area contributed by atoms with Crippen molar-refractivity contribution in [1.82, 2.24) is 25.5 Å². The van der Waals surface area contributed by atoms with Gasteiger partial charge in [0.25, 0.3) is 5.91 Å². The third-order valence-corrected chi connectivity index (χ3v) is 3.67. The molecular formula is C11H15N5O2S. The molecule has 0 aliphatic carbocycles. The number of thiophene rings is 1. The minimum Gasteiger partial charge on any atom is -0.394 e. The number of carbonyl (C=O) groups excluding carboxylic acids is 1. The van der Waals surface area contributed by atoms with Crippen molar-refractivity contribution in [3.8, 4) is 5.69 Å². The van der Waals surface area contributed by atoms with Crippen molar-refractivity contribution in [2.24, 2.45) is 5.92 Å². The molecule has 8 heteroatoms. The average molecular weight is 281 g/mol. The second kappa shape index (κ2) is 5.89. The maximum Gasteiger partial charge on any atom is 0.263 e. The molecule has 0 spiro atoms. The van der Waals surface area contributed by atoms with Crippen LogP contribution in [0.4, 0.5) is 0 Å². The Morgan fingerprint density at radius 2 is 2.37 bits per heavy atom. The summed E-state index contributed by atoms with van der Waals surface area (Å²) >= 11 is 1.31. The summed E-state index contributed by atoms with van der Waals surface area (Å²) in [6.07, 6.45) is 1.44. The monoisotopic (exact) mass is 281 g/mol. The van der Waals surface area contributed by atoms with Gasteiger partial charge in [0.15, 0.2) is 0 Å². The van der Waals surface area contributed by atoms with E-state index in [2.05, 4.69) is 20.8 Å². The van der Waals surface area contributed by atoms with E-state index < -0.39 is 0 Å². The zero-order valence-corrected chi connectivity index (χ0v) is 11.5. The molecule has 0 saturated carbocycles. The summed E-state index contributed by atoms with van der Waals surface area (Å²) in [7, 11) is 0. The van der Waals surface area contributed by atoms with Crippen LogP contribution in [-0.2, 0) is 0 Å². The Labute approximate surface area is 114 Å². The van der Waals surface area contributed by atoms with Crippen molar-refractivity contribution in [3.63, 3.8) is 0 Å². The molecule has 2 rings (SSSR count). The summed E-state index contributed by atoms with van der Waals surface area (Å²) in [5.41, 5.74) is 0.632. The lowest BCUT2D eigenvalue weighted by atomic mass is 10.1. The Bertz CT molecular complexity index is 537. The molecule has 2 N–H and O–H groups in total. The number of rotatable bonds is 5. The zero-order valence-electron chi connectivity index (χ0n) is 10.6. The lowest BCUT2D eigenvalue weighted by molar-refractivity contribution is 0.0901. The molecule has 0 aromatic carbocycles. The topological polar surface area (TPSA) is 92.9 Å². The lowest BCUT2D eigenvalue weighted by Gasteiger charge is -2.19. The van der Waals surface area contributed by atoms with Gasteiger partial charge in [0.1, 0.15) is 11.2 Å². The molecule has 0 bridgehead atoms. The number of carbonyl (C=O) groups is 1. The van der Waals surface area contributed by atoms with Gasteiger partial charge in [-0.15, -0.1) is 16.4 Å². The van der Waals surface area contributed by atoms with Gasteiger partial charge in [0.2, 0.25) is 0 Å². The van der Waals surface area contributed by atoms with Crippen molar-refractivity contribution in [2.45, 2.75) is 19.9 Å². The molecule has 19 heavy (non-hydrogen) atoms. The SMILES string of the molecule is CC(C)[C@@H](CO)NC(=O)c1sccc1-n1cnnn1. The van der Waals surface area contributed by atoms with Crippen molar-refractivity contribution in [2.75, 3.05) is 6.61 Å². The van der Waals surface area contributed by atoms with Gasteiger partial charge in [-0.05, 0) is 27.8 Å². The fraction of sp³-hybridized carbons (Fsp3) is 0.455. The third kappa shape index (κ3) is 2.96. The smallest absolute Gasteiger partial charge is 0.263 e. The average Bonchev–Trinajstić information content (AvgIpc) is 3.03. The van der Waals surface area contributed by atoms with Gasteiger partial charge in [0.05, 0.1) is 18.3 Å². The summed E-state index contributed by atoms with van der Waals surface area (Å²) in [4.78, 5) is 12.7. The number of nitrogens with zero attached hydrogens (tertiary/aromatic N) is 4. The molecule has 1 amide bonds. The van der Waals surface area contributed by atoms with E-state index in [1.807, 2.05) is 13.8 Å². The van der Waals surface area contributed by atoms with Crippen LogP contribution < -0.4 is 5.32 Å². The van der Waals surface area contributed by atoms with E-state index in [0.717, 1.165) is 0 Å². The second-order valence-electron chi connectivity index (χ2n) is 4.40. The predicted octanol–water partition coefficient (Wildman–Crippen LogP) is 0.471. The Balaban J connectivity index is 2.19. The highest BCUT2D eigenvalue weighted by Crippen LogP contribution is 2.20. The van der Waals surface area contributed by atoms with Crippen LogP contribution in [0.3, 0.4) is 0 Å². The molecular weight excluding hydrogens is 266 g/mol. The van der Waals surface area contributed by atoms with Crippen molar-refractivity contribution in [1.29, 1.82) is 0 Å². The largest absolute Gasteiger partial charge is 0.394 e. The van der Waals surface area contributed by atoms with E-state index in [9.17, 15) is 9.90 Å². The predicted molar refractivity (Wildman–Crippen MR) is 70.2 cm³/mol. The van der Waals surface area contributed by atoms with Crippen molar-refractivity contribution >= 4 is 17.2 Å². The van der Waals surface area contributed by atoms with Gasteiger partial charge in [-0.25, -0.2) is 0 Å². The number of aliphatic hydroxyl groups excluding tert-OH is 1. The number of hydrogen-bond acceptors (Lipinski definition) is 6. The molecule has 0 fully saturated rings. The Morgan fingerprint density at radius 3 is 2.95 bits per heavy atom. The van der Waals surface area contributed by atoms with Crippen LogP contribution >= 0.6 is 11.3 Å². The fourth-order valence-electron chi connectivity index (χ4n) is 1.58. The third-order valence-electron chi connectivity index (χ3n) is 2.76. The molecule has 0 saturated heterocycles. The first-order valence-electron chi connectivity index (χ1n) is 5.86. The van der Waals surface area contributed by atoms with E-state index in [0.29, 0.717) is 10.6 Å². The lowest BCUT2D eigenvalue weighted by Crippen LogP contribution is -2.41. The molecule has 0 radical (unpaired) electrons. The molecule has 1 atom stereocenters. The minimum atomic E-state index is -0.267. The van der Waals surface area contributed by atoms with Crippen LogP contribution in [0.1, 0.15) is 23.5 Å². The van der Waals surface area contributed by atoms with E-state index in [4.69, 9.17) is 0 Å². The quantitative estimate of drug-likeness (QED) is 0.831. The molecule has 0 unspecified atom stereocenters. The normalized spacial score (nSPS) is 12.6. The first-order valence-corrected chi connectivity index (χ1v) is 6.74. The van der Waals surface area contributed by atoms with Crippen LogP contribution in [-0.4, -0.2) is 43.9 Å². The zero-order chi connectivity index (χ0) is 13.8. The maximum absolute atomic E-state index is 12.2. The van der Waals surface area contributed by atoms with Crippen molar-refractivity contribution in [3.05, 3.63) is 22.7 Å². The Morgan fingerprint density at radius 1 is 1.58 bits per heavy atom. The number of amides is 1. The molecule has 0 aliphatic rings. The summed E-state index contributed by atoms with van der Waals surface area (Å²) in [6, 6.07) is 1.51. The van der Waals surface area contributed by atoms with E-state index in [-0.39, 0.29) is 24.5 Å². The Kier molecular flexibility index (Phi) is 4.23. The fourth-order valence-corrected chi connectivity index (χ4v) is 2.36. The maximum atomic E-state index is 12.2. The molecule has 2 aromatic rings. The summed E-state index contributed by atoms with van der Waals surface area (Å²) in [5, 5.41) is 24.7. The van der Waals surface area contributed by atoms with Gasteiger partial charge in [0, 0.05) is 0 Å². The number of aromatic nitrogens is 4. The van der Waals surface area contributed by atoms with Crippen LogP contribution in [0.5, 0.6) is 0 Å². The second-order valence-corrected chi connectivity index (χ2v) is 5.31. The number of nitrogens with one attached hydrogen (secondary N) is 1. The molecule has 2 aromatic heterocycles. The van der Waals surface area contributed by atoms with E-state index in [1.54, 1.807) is 11.4 Å². The van der Waals surface area contributed by atoms with Gasteiger partial charge in [-0.1, -0.05) is 13.8 Å². The van der Waals surface area contributed by atoms with Gasteiger partial charge in [-0.2, -0.15) is 4.68 Å². The van der Waals surface area contributed by atoms with E-state index >= 15 is 0 Å². The van der Waals surface area contributed by atoms with Gasteiger partial charge >= 0.3 is 0 Å². The summed E-state index contributed by atoms with van der Waals surface area (Å²) in [5.74, 6) is -0.0707. The van der Waals surface area contributed by atoms with Crippen LogP contribution in [0.2, 0.25) is 0 Å². The Hall–Kier alpha value is -1.80. The van der Waals surface area contributed by atoms with Gasteiger partial charge < -0.3 is 10.4 Å². The number of aliphatic hydroxyl groups is 1. The number of hydrogen-bond donors (Lipinski definition) is 2. The first kappa shape index (κ1) is 13.6.